The van der Waals surface area contributed by atoms with E-state index in [0.717, 1.165) is 26.2 Å². The molecule has 0 radical (unpaired) electrons. The van der Waals surface area contributed by atoms with Gasteiger partial charge in [0.05, 0.1) is 6.61 Å². The van der Waals surface area contributed by atoms with Crippen molar-refractivity contribution in [2.45, 2.75) is 13.3 Å². The molecule has 9 heavy (non-hydrogen) atoms. The van der Waals surface area contributed by atoms with Crippen molar-refractivity contribution >= 4 is 0 Å². The SMILES string of the molecule is CC=CCOCCCN. The van der Waals surface area contributed by atoms with Gasteiger partial charge in [-0.1, -0.05) is 12.2 Å². The first-order valence-electron chi connectivity index (χ1n) is 3.30. The van der Waals surface area contributed by atoms with Crippen molar-refractivity contribution < 1.29 is 4.74 Å². The normalized spacial score (nSPS) is 10.9. The summed E-state index contributed by atoms with van der Waals surface area (Å²) in [6.07, 6.45) is 4.91. The molecule has 2 nitrogen and oxygen atoms in total. The molecule has 0 aliphatic rings. The Hall–Kier alpha value is -0.340. The van der Waals surface area contributed by atoms with E-state index in [-0.39, 0.29) is 0 Å². The second-order valence-electron chi connectivity index (χ2n) is 1.79. The number of nitrogens with two attached hydrogens (primary N) is 1. The highest BCUT2D eigenvalue weighted by Crippen LogP contribution is 1.80. The van der Waals surface area contributed by atoms with E-state index in [1.165, 1.54) is 0 Å². The summed E-state index contributed by atoms with van der Waals surface area (Å²) in [5.74, 6) is 0. The standard InChI is InChI=1S/C7H15NO/c1-2-3-6-9-7-4-5-8/h2-3H,4-8H2,1H3. The lowest BCUT2D eigenvalue weighted by molar-refractivity contribution is 0.161. The van der Waals surface area contributed by atoms with Crippen LogP contribution in [-0.2, 0) is 4.74 Å². The largest absolute Gasteiger partial charge is 0.377 e. The van der Waals surface area contributed by atoms with Crippen LogP contribution in [0.25, 0.3) is 0 Å². The van der Waals surface area contributed by atoms with Crippen molar-refractivity contribution in [3.05, 3.63) is 12.2 Å². The van der Waals surface area contributed by atoms with Gasteiger partial charge in [-0.15, -0.1) is 0 Å². The average Bonchev–Trinajstić information content (AvgIpc) is 1.89. The molecule has 0 saturated carbocycles. The van der Waals surface area contributed by atoms with Gasteiger partial charge in [0.25, 0.3) is 0 Å². The van der Waals surface area contributed by atoms with Gasteiger partial charge in [-0.25, -0.2) is 0 Å². The van der Waals surface area contributed by atoms with Crippen LogP contribution in [-0.4, -0.2) is 19.8 Å². The molecule has 0 atom stereocenters. The van der Waals surface area contributed by atoms with Crippen LogP contribution in [0.1, 0.15) is 13.3 Å². The Morgan fingerprint density at radius 2 is 2.33 bits per heavy atom. The van der Waals surface area contributed by atoms with Gasteiger partial charge >= 0.3 is 0 Å². The maximum absolute atomic E-state index is 5.25. The second kappa shape index (κ2) is 7.66. The van der Waals surface area contributed by atoms with Gasteiger partial charge in [0, 0.05) is 6.61 Å². The first kappa shape index (κ1) is 8.66. The van der Waals surface area contributed by atoms with Gasteiger partial charge < -0.3 is 10.5 Å². The van der Waals surface area contributed by atoms with Crippen LogP contribution < -0.4 is 5.73 Å². The third kappa shape index (κ3) is 7.66. The molecule has 0 spiro atoms. The Kier molecular flexibility index (Phi) is 7.37. The zero-order valence-corrected chi connectivity index (χ0v) is 5.97. The molecule has 0 rings (SSSR count). The fourth-order valence-corrected chi connectivity index (χ4v) is 0.433. The van der Waals surface area contributed by atoms with Crippen LogP contribution >= 0.6 is 0 Å². The van der Waals surface area contributed by atoms with Gasteiger partial charge in [0.15, 0.2) is 0 Å². The minimum Gasteiger partial charge on any atom is -0.377 e. The van der Waals surface area contributed by atoms with E-state index in [0.29, 0.717) is 0 Å². The number of hydrogen-bond acceptors (Lipinski definition) is 2. The van der Waals surface area contributed by atoms with E-state index in [1.807, 2.05) is 19.1 Å². The zero-order chi connectivity index (χ0) is 6.95. The lowest BCUT2D eigenvalue weighted by Crippen LogP contribution is -2.03. The molecule has 0 amide bonds. The molecule has 0 aliphatic carbocycles. The fraction of sp³-hybridized carbons (Fsp3) is 0.714. The molecule has 54 valence electrons. The summed E-state index contributed by atoms with van der Waals surface area (Å²) >= 11 is 0. The molecule has 0 aromatic heterocycles. The van der Waals surface area contributed by atoms with E-state index < -0.39 is 0 Å². The summed E-state index contributed by atoms with van der Waals surface area (Å²) in [4.78, 5) is 0. The zero-order valence-electron chi connectivity index (χ0n) is 5.97. The van der Waals surface area contributed by atoms with Gasteiger partial charge in [-0.2, -0.15) is 0 Å². The highest BCUT2D eigenvalue weighted by atomic mass is 16.5. The number of rotatable bonds is 5. The predicted molar refractivity (Wildman–Crippen MR) is 39.3 cm³/mol. The molecule has 0 aromatic rings. The third-order valence-corrected chi connectivity index (χ3v) is 0.943. The highest BCUT2D eigenvalue weighted by molar-refractivity contribution is 4.75. The minimum absolute atomic E-state index is 0.718. The lowest BCUT2D eigenvalue weighted by atomic mass is 10.5. The Bertz CT molecular complexity index is 71.3. The molecule has 0 heterocycles. The molecule has 2 heteroatoms. The van der Waals surface area contributed by atoms with Crippen LogP contribution in [0.5, 0.6) is 0 Å². The summed E-state index contributed by atoms with van der Waals surface area (Å²) < 4.78 is 5.15. The predicted octanol–water partition coefficient (Wildman–Crippen LogP) is 0.928. The molecule has 0 aliphatic heterocycles. The molecule has 0 bridgehead atoms. The Morgan fingerprint density at radius 3 is 2.89 bits per heavy atom. The summed E-state index contributed by atoms with van der Waals surface area (Å²) in [7, 11) is 0. The summed E-state index contributed by atoms with van der Waals surface area (Å²) in [6.45, 7) is 4.19. The second-order valence-corrected chi connectivity index (χ2v) is 1.79. The van der Waals surface area contributed by atoms with Crippen molar-refractivity contribution in [3.63, 3.8) is 0 Å². The van der Waals surface area contributed by atoms with Crippen LogP contribution in [0.3, 0.4) is 0 Å². The Balaban J connectivity index is 2.75. The topological polar surface area (TPSA) is 35.2 Å². The highest BCUT2D eigenvalue weighted by Gasteiger charge is 1.80. The van der Waals surface area contributed by atoms with Crippen LogP contribution in [0.4, 0.5) is 0 Å². The number of hydrogen-bond donors (Lipinski definition) is 1. The third-order valence-electron chi connectivity index (χ3n) is 0.943. The first-order chi connectivity index (χ1) is 4.41. The first-order valence-corrected chi connectivity index (χ1v) is 3.30. The van der Waals surface area contributed by atoms with E-state index in [1.54, 1.807) is 0 Å². The average molecular weight is 129 g/mol. The van der Waals surface area contributed by atoms with Crippen molar-refractivity contribution in [2.75, 3.05) is 19.8 Å². The van der Waals surface area contributed by atoms with Crippen molar-refractivity contribution in [3.8, 4) is 0 Å². The molecule has 0 unspecified atom stereocenters. The quantitative estimate of drug-likeness (QED) is 0.442. The van der Waals surface area contributed by atoms with Gasteiger partial charge in [-0.05, 0) is 19.9 Å². The molecular formula is C7H15NO. The smallest absolute Gasteiger partial charge is 0.0647 e. The summed E-state index contributed by atoms with van der Waals surface area (Å²) in [6, 6.07) is 0. The maximum Gasteiger partial charge on any atom is 0.0647 e. The summed E-state index contributed by atoms with van der Waals surface area (Å²) in [5.41, 5.74) is 5.25. The van der Waals surface area contributed by atoms with E-state index in [4.69, 9.17) is 10.5 Å². The van der Waals surface area contributed by atoms with Gasteiger partial charge in [0.2, 0.25) is 0 Å². The van der Waals surface area contributed by atoms with Crippen LogP contribution in [0.15, 0.2) is 12.2 Å². The van der Waals surface area contributed by atoms with E-state index >= 15 is 0 Å². The van der Waals surface area contributed by atoms with Crippen molar-refractivity contribution in [1.82, 2.24) is 0 Å². The van der Waals surface area contributed by atoms with Crippen molar-refractivity contribution in [1.29, 1.82) is 0 Å². The van der Waals surface area contributed by atoms with E-state index in [2.05, 4.69) is 0 Å². The molecule has 2 N–H and O–H groups in total. The summed E-state index contributed by atoms with van der Waals surface area (Å²) in [5, 5.41) is 0. The monoisotopic (exact) mass is 129 g/mol. The van der Waals surface area contributed by atoms with E-state index in [9.17, 15) is 0 Å². The molecule has 0 aromatic carbocycles. The van der Waals surface area contributed by atoms with Gasteiger partial charge in [-0.3, -0.25) is 0 Å². The lowest BCUT2D eigenvalue weighted by Gasteiger charge is -1.96. The van der Waals surface area contributed by atoms with Gasteiger partial charge in [0.1, 0.15) is 0 Å². The Morgan fingerprint density at radius 1 is 1.56 bits per heavy atom. The van der Waals surface area contributed by atoms with Crippen molar-refractivity contribution in [2.24, 2.45) is 5.73 Å². The van der Waals surface area contributed by atoms with Crippen LogP contribution in [0.2, 0.25) is 0 Å². The molecular weight excluding hydrogens is 114 g/mol. The molecule has 0 saturated heterocycles. The fourth-order valence-electron chi connectivity index (χ4n) is 0.433. The maximum atomic E-state index is 5.25. The number of allylic oxidation sites excluding steroid dienone is 1. The number of ether oxygens (including phenoxy) is 1. The minimum atomic E-state index is 0.718. The Labute approximate surface area is 56.7 Å². The molecule has 0 fully saturated rings. The van der Waals surface area contributed by atoms with Crippen LogP contribution in [0, 0.1) is 0 Å².